The van der Waals surface area contributed by atoms with Crippen LogP contribution in [0.4, 0.5) is 0 Å². The average molecular weight is 513 g/mol. The van der Waals surface area contributed by atoms with Gasteiger partial charge in [0.05, 0.1) is 9.64 Å². The van der Waals surface area contributed by atoms with Gasteiger partial charge in [-0.05, 0) is 72.5 Å². The number of hydrogen-bond donors (Lipinski definition) is 0. The van der Waals surface area contributed by atoms with Crippen LogP contribution < -0.4 is 0 Å². The van der Waals surface area contributed by atoms with Gasteiger partial charge in [-0.1, -0.05) is 96.2 Å². The molecule has 1 aliphatic rings. The Morgan fingerprint density at radius 3 is 2.09 bits per heavy atom. The van der Waals surface area contributed by atoms with E-state index in [9.17, 15) is 8.42 Å². The molecule has 1 saturated carbocycles. The maximum absolute atomic E-state index is 14.3. The zero-order valence-corrected chi connectivity index (χ0v) is 24.7. The Morgan fingerprint density at radius 2 is 1.54 bits per heavy atom. The van der Waals surface area contributed by atoms with Crippen LogP contribution in [0.15, 0.2) is 65.6 Å². The first-order valence-electron chi connectivity index (χ1n) is 12.8. The molecule has 0 N–H and O–H groups in total. The van der Waals surface area contributed by atoms with Gasteiger partial charge in [0.25, 0.3) is 0 Å². The second-order valence-electron chi connectivity index (χ2n) is 12.7. The normalized spacial score (nSPS) is 22.5. The molecule has 0 saturated heterocycles. The highest BCUT2D eigenvalue weighted by Crippen LogP contribution is 2.45. The summed E-state index contributed by atoms with van der Waals surface area (Å²) in [5.74, 6) is 0. The van der Waals surface area contributed by atoms with Crippen molar-refractivity contribution in [2.24, 2.45) is 0 Å². The molecule has 0 aliphatic heterocycles. The molecule has 1 fully saturated rings. The first-order chi connectivity index (χ1) is 16.1. The van der Waals surface area contributed by atoms with Gasteiger partial charge >= 0.3 is 0 Å². The molecule has 0 spiro atoms. The lowest BCUT2D eigenvalue weighted by molar-refractivity contribution is 0.127. The van der Waals surface area contributed by atoms with E-state index in [1.165, 1.54) is 0 Å². The topological polar surface area (TPSA) is 43.4 Å². The third kappa shape index (κ3) is 6.18. The van der Waals surface area contributed by atoms with Crippen LogP contribution in [0, 0.1) is 0 Å². The molecule has 2 aromatic carbocycles. The largest absolute Gasteiger partial charge is 0.414 e. The van der Waals surface area contributed by atoms with Gasteiger partial charge in [-0.25, -0.2) is 8.42 Å². The van der Waals surface area contributed by atoms with E-state index in [2.05, 4.69) is 54.6 Å². The number of sulfone groups is 1. The third-order valence-electron chi connectivity index (χ3n) is 7.91. The van der Waals surface area contributed by atoms with Crippen LogP contribution in [0.25, 0.3) is 6.08 Å². The molecule has 0 radical (unpaired) electrons. The maximum atomic E-state index is 14.3. The predicted octanol–water partition coefficient (Wildman–Crippen LogP) is 8.17. The second-order valence-corrected chi connectivity index (χ2v) is 19.7. The van der Waals surface area contributed by atoms with Crippen molar-refractivity contribution < 1.29 is 12.8 Å². The summed E-state index contributed by atoms with van der Waals surface area (Å²) in [6.45, 7) is 17.6. The van der Waals surface area contributed by atoms with Gasteiger partial charge in [0, 0.05) is 6.10 Å². The summed E-state index contributed by atoms with van der Waals surface area (Å²) in [4.78, 5) is 0.399. The lowest BCUT2D eigenvalue weighted by Crippen LogP contribution is -2.49. The summed E-state index contributed by atoms with van der Waals surface area (Å²) in [5, 5.41) is 0.0780. The van der Waals surface area contributed by atoms with Crippen LogP contribution in [-0.2, 0) is 19.7 Å². The van der Waals surface area contributed by atoms with Crippen LogP contribution in [0.1, 0.15) is 78.4 Å². The van der Waals surface area contributed by atoms with Crippen LogP contribution >= 0.6 is 0 Å². The molecule has 0 amide bonds. The van der Waals surface area contributed by atoms with Gasteiger partial charge in [0.2, 0.25) is 0 Å². The van der Waals surface area contributed by atoms with Gasteiger partial charge in [-0.2, -0.15) is 0 Å². The molecule has 3 nitrogen and oxygen atoms in total. The van der Waals surface area contributed by atoms with Crippen molar-refractivity contribution in [2.75, 3.05) is 0 Å². The quantitative estimate of drug-likeness (QED) is 0.367. The van der Waals surface area contributed by atoms with Gasteiger partial charge in [0.1, 0.15) is 0 Å². The highest BCUT2D eigenvalue weighted by Gasteiger charge is 2.48. The van der Waals surface area contributed by atoms with Crippen molar-refractivity contribution in [1.29, 1.82) is 0 Å². The lowest BCUT2D eigenvalue weighted by Gasteiger charge is -2.44. The Balaban J connectivity index is 2.04. The Kier molecular flexibility index (Phi) is 7.96. The zero-order valence-electron chi connectivity index (χ0n) is 22.9. The average Bonchev–Trinajstić information content (AvgIpc) is 2.77. The molecule has 1 aliphatic carbocycles. The number of rotatable bonds is 6. The van der Waals surface area contributed by atoms with Gasteiger partial charge in [-0.3, -0.25) is 0 Å². The molecule has 2 atom stereocenters. The van der Waals surface area contributed by atoms with Crippen LogP contribution in [0.2, 0.25) is 18.1 Å². The fourth-order valence-electron chi connectivity index (χ4n) is 4.58. The standard InChI is InChI=1S/C30H44O3SSi/c1-28(2,3)25-16-18-27(19-17-25)34(31,32)30(22-20-24-13-10-9-11-14-24)21-12-15-26(23-30)33-35(7,8)29(4,5)6/h9-11,13-14,16-20,22,26H,12,15,21,23H2,1-8H3/b22-20+/t26-,30+/m0/s1. The van der Waals surface area contributed by atoms with Crippen LogP contribution in [0.3, 0.4) is 0 Å². The molecule has 5 heteroatoms. The summed E-state index contributed by atoms with van der Waals surface area (Å²) >= 11 is 0. The molecule has 0 heterocycles. The molecule has 3 rings (SSSR count). The summed E-state index contributed by atoms with van der Waals surface area (Å²) in [6, 6.07) is 17.5. The van der Waals surface area contributed by atoms with Crippen LogP contribution in [-0.4, -0.2) is 27.6 Å². The number of benzene rings is 2. The SMILES string of the molecule is CC(C)(C)c1ccc(S(=O)(=O)[C@@]2(/C=C/c3ccccc3)CCC[C@H](O[Si](C)(C)C(C)(C)C)C2)cc1. The van der Waals surface area contributed by atoms with E-state index in [1.54, 1.807) is 12.1 Å². The van der Waals surface area contributed by atoms with Crippen molar-refractivity contribution >= 4 is 24.2 Å². The van der Waals surface area contributed by atoms with E-state index in [0.717, 1.165) is 24.0 Å². The van der Waals surface area contributed by atoms with E-state index in [4.69, 9.17) is 4.43 Å². The van der Waals surface area contributed by atoms with Crippen molar-refractivity contribution in [2.45, 2.75) is 107 Å². The van der Waals surface area contributed by atoms with Gasteiger partial charge in [0.15, 0.2) is 18.2 Å². The van der Waals surface area contributed by atoms with E-state index < -0.39 is 22.9 Å². The maximum Gasteiger partial charge on any atom is 0.192 e. The zero-order chi connectivity index (χ0) is 26.1. The molecule has 35 heavy (non-hydrogen) atoms. The highest BCUT2D eigenvalue weighted by atomic mass is 32.2. The smallest absolute Gasteiger partial charge is 0.192 e. The molecule has 0 bridgehead atoms. The Bertz CT molecular complexity index is 1120. The Labute approximate surface area is 215 Å². The van der Waals surface area contributed by atoms with Crippen LogP contribution in [0.5, 0.6) is 0 Å². The van der Waals surface area contributed by atoms with Gasteiger partial charge < -0.3 is 4.43 Å². The summed E-state index contributed by atoms with van der Waals surface area (Å²) in [6.07, 6.45) is 6.72. The Hall–Kier alpha value is -1.69. The third-order valence-corrected chi connectivity index (χ3v) is 14.9. The highest BCUT2D eigenvalue weighted by molar-refractivity contribution is 7.93. The minimum absolute atomic E-state index is 0.0276. The molecular formula is C30H44O3SSi. The van der Waals surface area contributed by atoms with Gasteiger partial charge in [-0.15, -0.1) is 0 Å². The fourth-order valence-corrected chi connectivity index (χ4v) is 8.00. The van der Waals surface area contributed by atoms with E-state index in [-0.39, 0.29) is 16.6 Å². The summed E-state index contributed by atoms with van der Waals surface area (Å²) in [5.41, 5.74) is 2.12. The summed E-state index contributed by atoms with van der Waals surface area (Å²) < 4.78 is 34.4. The molecule has 0 aromatic heterocycles. The van der Waals surface area contributed by atoms with E-state index >= 15 is 0 Å². The second kappa shape index (κ2) is 9.99. The predicted molar refractivity (Wildman–Crippen MR) is 151 cm³/mol. The first-order valence-corrected chi connectivity index (χ1v) is 17.2. The van der Waals surface area contributed by atoms with E-state index in [0.29, 0.717) is 17.7 Å². The molecule has 0 unspecified atom stereocenters. The van der Waals surface area contributed by atoms with E-state index in [1.807, 2.05) is 54.6 Å². The summed E-state index contributed by atoms with van der Waals surface area (Å²) in [7, 11) is -5.66. The minimum Gasteiger partial charge on any atom is -0.414 e. The lowest BCUT2D eigenvalue weighted by atomic mass is 9.85. The monoisotopic (exact) mass is 512 g/mol. The van der Waals surface area contributed by atoms with Crippen molar-refractivity contribution in [3.8, 4) is 0 Å². The molecule has 2 aromatic rings. The molecular weight excluding hydrogens is 468 g/mol. The Morgan fingerprint density at radius 1 is 0.943 bits per heavy atom. The van der Waals surface area contributed by atoms with Crippen molar-refractivity contribution in [3.63, 3.8) is 0 Å². The van der Waals surface area contributed by atoms with Crippen molar-refractivity contribution in [1.82, 2.24) is 0 Å². The van der Waals surface area contributed by atoms with Crippen molar-refractivity contribution in [3.05, 3.63) is 71.8 Å². The minimum atomic E-state index is -3.63. The fraction of sp³-hybridized carbons (Fsp3) is 0.533. The first kappa shape index (κ1) is 27.9. The number of hydrogen-bond acceptors (Lipinski definition) is 3. The molecule has 192 valence electrons.